The highest BCUT2D eigenvalue weighted by Crippen LogP contribution is 2.27. The summed E-state index contributed by atoms with van der Waals surface area (Å²) in [6, 6.07) is 4.83. The predicted molar refractivity (Wildman–Crippen MR) is 60.9 cm³/mol. The van der Waals surface area contributed by atoms with Gasteiger partial charge in [0, 0.05) is 10.0 Å². The van der Waals surface area contributed by atoms with E-state index in [1.165, 1.54) is 6.07 Å². The second-order valence-electron chi connectivity index (χ2n) is 3.03. The van der Waals surface area contributed by atoms with Gasteiger partial charge in [0.2, 0.25) is 0 Å². The summed E-state index contributed by atoms with van der Waals surface area (Å²) in [4.78, 5) is 11.4. The van der Waals surface area contributed by atoms with Crippen molar-refractivity contribution in [1.29, 1.82) is 0 Å². The molecule has 2 rings (SSSR count). The maximum atomic E-state index is 11.4. The third kappa shape index (κ3) is 2.13. The summed E-state index contributed by atoms with van der Waals surface area (Å²) in [5.41, 5.74) is 0.464. The second-order valence-corrected chi connectivity index (χ2v) is 5.03. The molecular formula is C8H5BrN2O4S. The number of benzene rings is 1. The molecular weight excluding hydrogens is 300 g/mol. The van der Waals surface area contributed by atoms with Crippen molar-refractivity contribution in [2.24, 2.45) is 4.40 Å². The highest BCUT2D eigenvalue weighted by molar-refractivity contribution is 9.10. The largest absolute Gasteiger partial charge is 0.379 e. The summed E-state index contributed by atoms with van der Waals surface area (Å²) in [5, 5.41) is 2.43. The Hall–Kier alpha value is -1.25. The summed E-state index contributed by atoms with van der Waals surface area (Å²) >= 11 is 3.19. The zero-order valence-corrected chi connectivity index (χ0v) is 10.0. The van der Waals surface area contributed by atoms with Gasteiger partial charge >= 0.3 is 10.3 Å². The van der Waals surface area contributed by atoms with Gasteiger partial charge < -0.3 is 5.32 Å². The van der Waals surface area contributed by atoms with Gasteiger partial charge in [-0.15, -0.1) is 4.40 Å². The van der Waals surface area contributed by atoms with E-state index in [9.17, 15) is 13.2 Å². The number of hydrogen-bond acceptors (Lipinski definition) is 3. The van der Waals surface area contributed by atoms with Crippen LogP contribution in [0.5, 0.6) is 0 Å². The van der Waals surface area contributed by atoms with Gasteiger partial charge in [-0.05, 0) is 18.2 Å². The maximum Gasteiger partial charge on any atom is 0.379 e. The molecule has 0 aromatic heterocycles. The minimum absolute atomic E-state index is 0.321. The first-order valence-electron chi connectivity index (χ1n) is 4.05. The van der Waals surface area contributed by atoms with Gasteiger partial charge in [-0.3, -0.25) is 9.35 Å². The standard InChI is InChI=1S/C8H5BrN2O4S/c9-4-1-2-6-5(3-4)7(8(12)10-6)11-16(13,14)15/h1-3H,(H,10,11,12)(H,13,14,15). The van der Waals surface area contributed by atoms with Crippen molar-refractivity contribution in [3.8, 4) is 0 Å². The number of halogens is 1. The number of anilines is 1. The van der Waals surface area contributed by atoms with E-state index < -0.39 is 16.2 Å². The Balaban J connectivity index is 2.64. The third-order valence-corrected chi connectivity index (χ3v) is 2.81. The van der Waals surface area contributed by atoms with Crippen molar-refractivity contribution in [1.82, 2.24) is 0 Å². The summed E-state index contributed by atoms with van der Waals surface area (Å²) in [6.07, 6.45) is 0. The molecule has 6 nitrogen and oxygen atoms in total. The molecule has 1 aliphatic rings. The number of amides is 1. The molecule has 0 unspecified atom stereocenters. The van der Waals surface area contributed by atoms with E-state index in [1.807, 2.05) is 0 Å². The highest BCUT2D eigenvalue weighted by atomic mass is 79.9. The Bertz CT molecular complexity index is 608. The monoisotopic (exact) mass is 304 g/mol. The average molecular weight is 305 g/mol. The lowest BCUT2D eigenvalue weighted by molar-refractivity contribution is -0.110. The van der Waals surface area contributed by atoms with Crippen molar-refractivity contribution in [3.63, 3.8) is 0 Å². The Kier molecular flexibility index (Phi) is 2.56. The van der Waals surface area contributed by atoms with Crippen LogP contribution in [0.2, 0.25) is 0 Å². The molecule has 0 radical (unpaired) electrons. The summed E-state index contributed by atoms with van der Waals surface area (Å²) < 4.78 is 33.4. The molecule has 16 heavy (non-hydrogen) atoms. The minimum Gasteiger partial charge on any atom is -0.320 e. The maximum absolute atomic E-state index is 11.4. The summed E-state index contributed by atoms with van der Waals surface area (Å²) in [7, 11) is -4.58. The number of nitrogens with zero attached hydrogens (tertiary/aromatic N) is 1. The van der Waals surface area contributed by atoms with Crippen LogP contribution in [0.4, 0.5) is 5.69 Å². The molecule has 8 heteroatoms. The number of hydrogen-bond donors (Lipinski definition) is 2. The lowest BCUT2D eigenvalue weighted by atomic mass is 10.1. The van der Waals surface area contributed by atoms with Crippen molar-refractivity contribution in [2.45, 2.75) is 0 Å². The molecule has 0 saturated carbocycles. The average Bonchev–Trinajstić information content (AvgIpc) is 2.42. The van der Waals surface area contributed by atoms with E-state index in [-0.39, 0.29) is 5.71 Å². The van der Waals surface area contributed by atoms with Crippen LogP contribution < -0.4 is 5.32 Å². The molecule has 0 fully saturated rings. The Morgan fingerprint density at radius 3 is 2.69 bits per heavy atom. The first-order chi connectivity index (χ1) is 7.37. The van der Waals surface area contributed by atoms with Gasteiger partial charge in [-0.2, -0.15) is 8.42 Å². The van der Waals surface area contributed by atoms with Crippen molar-refractivity contribution >= 4 is 43.5 Å². The zero-order valence-electron chi connectivity index (χ0n) is 7.64. The van der Waals surface area contributed by atoms with Crippen LogP contribution in [0.15, 0.2) is 27.1 Å². The lowest BCUT2D eigenvalue weighted by Crippen LogP contribution is -2.16. The first kappa shape index (κ1) is 11.2. The molecule has 84 valence electrons. The van der Waals surface area contributed by atoms with Gasteiger partial charge in [-0.25, -0.2) is 0 Å². The van der Waals surface area contributed by atoms with E-state index in [0.29, 0.717) is 15.7 Å². The first-order valence-corrected chi connectivity index (χ1v) is 6.24. The number of nitrogens with one attached hydrogen (secondary N) is 1. The van der Waals surface area contributed by atoms with Crippen LogP contribution >= 0.6 is 15.9 Å². The molecule has 0 aliphatic carbocycles. The number of carbonyl (C=O) groups is 1. The Morgan fingerprint density at radius 2 is 2.06 bits per heavy atom. The van der Waals surface area contributed by atoms with E-state index in [1.54, 1.807) is 12.1 Å². The topological polar surface area (TPSA) is 95.8 Å². The smallest absolute Gasteiger partial charge is 0.320 e. The molecule has 1 amide bonds. The quantitative estimate of drug-likeness (QED) is 0.756. The SMILES string of the molecule is O=C1Nc2ccc(Br)cc2/C1=N\S(=O)(=O)O. The normalized spacial score (nSPS) is 17.4. The van der Waals surface area contributed by atoms with Gasteiger partial charge in [0.15, 0.2) is 5.71 Å². The molecule has 0 bridgehead atoms. The molecule has 1 heterocycles. The fourth-order valence-electron chi connectivity index (χ4n) is 1.33. The molecule has 1 aromatic carbocycles. The van der Waals surface area contributed by atoms with E-state index in [2.05, 4.69) is 25.6 Å². The molecule has 0 saturated heterocycles. The Morgan fingerprint density at radius 1 is 1.38 bits per heavy atom. The minimum atomic E-state index is -4.58. The predicted octanol–water partition coefficient (Wildman–Crippen LogP) is 0.993. The van der Waals surface area contributed by atoms with Crippen LogP contribution in [0.25, 0.3) is 0 Å². The molecule has 1 aromatic rings. The second kappa shape index (κ2) is 3.65. The fraction of sp³-hybridized carbons (Fsp3) is 0. The number of carbonyl (C=O) groups excluding carboxylic acids is 1. The van der Waals surface area contributed by atoms with E-state index in [4.69, 9.17) is 4.55 Å². The lowest BCUT2D eigenvalue weighted by Gasteiger charge is -1.97. The van der Waals surface area contributed by atoms with Crippen LogP contribution in [0, 0.1) is 0 Å². The Labute approximate surface area is 99.4 Å². The van der Waals surface area contributed by atoms with Crippen molar-refractivity contribution < 1.29 is 17.8 Å². The van der Waals surface area contributed by atoms with Gasteiger partial charge in [-0.1, -0.05) is 15.9 Å². The fourth-order valence-corrected chi connectivity index (χ4v) is 2.10. The molecule has 1 aliphatic heterocycles. The molecule has 2 N–H and O–H groups in total. The number of fused-ring (bicyclic) bond motifs is 1. The van der Waals surface area contributed by atoms with Crippen LogP contribution in [0.1, 0.15) is 5.56 Å². The van der Waals surface area contributed by atoms with Gasteiger partial charge in [0.1, 0.15) is 0 Å². The van der Waals surface area contributed by atoms with E-state index in [0.717, 1.165) is 0 Å². The number of rotatable bonds is 1. The van der Waals surface area contributed by atoms with E-state index >= 15 is 0 Å². The van der Waals surface area contributed by atoms with Crippen molar-refractivity contribution in [3.05, 3.63) is 28.2 Å². The van der Waals surface area contributed by atoms with Crippen LogP contribution in [0.3, 0.4) is 0 Å². The molecule has 0 atom stereocenters. The zero-order chi connectivity index (χ0) is 11.9. The van der Waals surface area contributed by atoms with Crippen molar-refractivity contribution in [2.75, 3.05) is 5.32 Å². The summed E-state index contributed by atoms with van der Waals surface area (Å²) in [5.74, 6) is -0.661. The van der Waals surface area contributed by atoms with Gasteiger partial charge in [0.25, 0.3) is 5.91 Å². The van der Waals surface area contributed by atoms with Crippen LogP contribution in [-0.2, 0) is 15.1 Å². The van der Waals surface area contributed by atoms with Gasteiger partial charge in [0.05, 0.1) is 5.69 Å². The van der Waals surface area contributed by atoms with Crippen LogP contribution in [-0.4, -0.2) is 24.6 Å². The third-order valence-electron chi connectivity index (χ3n) is 1.91. The summed E-state index contributed by atoms with van der Waals surface area (Å²) in [6.45, 7) is 0. The molecule has 0 spiro atoms. The highest BCUT2D eigenvalue weighted by Gasteiger charge is 2.27.